The number of likely N-dealkylation sites (tertiary alicyclic amines) is 1. The third-order valence-electron chi connectivity index (χ3n) is 4.01. The summed E-state index contributed by atoms with van der Waals surface area (Å²) >= 11 is 5.98. The summed E-state index contributed by atoms with van der Waals surface area (Å²) in [5.74, 6) is -0.430. The molecule has 0 N–H and O–H groups in total. The van der Waals surface area contributed by atoms with Crippen LogP contribution in [0.15, 0.2) is 23.1 Å². The largest absolute Gasteiger partial charge is 0.337 e. The lowest BCUT2D eigenvalue weighted by molar-refractivity contribution is -0.124. The van der Waals surface area contributed by atoms with Crippen LogP contribution in [0.2, 0.25) is 5.02 Å². The predicted molar refractivity (Wildman–Crippen MR) is 88.1 cm³/mol. The fourth-order valence-electron chi connectivity index (χ4n) is 2.45. The van der Waals surface area contributed by atoms with Gasteiger partial charge in [-0.25, -0.2) is 8.42 Å². The first-order valence-electron chi connectivity index (χ1n) is 7.33. The second-order valence-corrected chi connectivity index (χ2v) is 7.92. The molecular formula is C15H19ClN2O5S. The van der Waals surface area contributed by atoms with Gasteiger partial charge >= 0.3 is 0 Å². The van der Waals surface area contributed by atoms with Crippen LogP contribution in [-0.4, -0.2) is 56.7 Å². The zero-order chi connectivity index (χ0) is 18.1. The highest BCUT2D eigenvalue weighted by atomic mass is 35.5. The number of hydrogen-bond acceptors (Lipinski definition) is 5. The van der Waals surface area contributed by atoms with Gasteiger partial charge in [0.25, 0.3) is 15.9 Å². The van der Waals surface area contributed by atoms with Crippen molar-refractivity contribution in [3.63, 3.8) is 0 Å². The van der Waals surface area contributed by atoms with E-state index < -0.39 is 10.0 Å². The summed E-state index contributed by atoms with van der Waals surface area (Å²) in [7, 11) is -1.52. The van der Waals surface area contributed by atoms with Gasteiger partial charge in [-0.3, -0.25) is 14.4 Å². The molecule has 0 aromatic heterocycles. The molecule has 1 aromatic carbocycles. The van der Waals surface area contributed by atoms with Crippen molar-refractivity contribution in [1.29, 1.82) is 0 Å². The molecule has 1 heterocycles. The van der Waals surface area contributed by atoms with Crippen molar-refractivity contribution in [1.82, 2.24) is 9.37 Å². The van der Waals surface area contributed by atoms with Crippen molar-refractivity contribution in [3.05, 3.63) is 28.8 Å². The summed E-state index contributed by atoms with van der Waals surface area (Å²) in [4.78, 5) is 30.3. The fourth-order valence-corrected chi connectivity index (χ4v) is 3.93. The Kier molecular flexibility index (Phi) is 5.64. The average Bonchev–Trinajstić information content (AvgIpc) is 2.56. The molecule has 0 saturated carbocycles. The Morgan fingerprint density at radius 2 is 2.08 bits per heavy atom. The summed E-state index contributed by atoms with van der Waals surface area (Å²) in [6.45, 7) is 2.41. The summed E-state index contributed by atoms with van der Waals surface area (Å²) in [5.41, 5.74) is 0.198. The third kappa shape index (κ3) is 3.61. The first kappa shape index (κ1) is 18.9. The number of hydroxylamine groups is 1. The molecule has 132 valence electrons. The Hall–Kier alpha value is -1.48. The van der Waals surface area contributed by atoms with Crippen LogP contribution in [0.1, 0.15) is 23.7 Å². The number of amides is 1. The summed E-state index contributed by atoms with van der Waals surface area (Å²) in [6, 6.07) is 4.07. The summed E-state index contributed by atoms with van der Waals surface area (Å²) in [5, 5.41) is -0.00219. The molecule has 24 heavy (non-hydrogen) atoms. The van der Waals surface area contributed by atoms with E-state index >= 15 is 0 Å². The average molecular weight is 375 g/mol. The maximum Gasteiger partial charge on any atom is 0.266 e. The molecule has 1 aliphatic rings. The van der Waals surface area contributed by atoms with Crippen molar-refractivity contribution in [2.45, 2.75) is 18.2 Å². The van der Waals surface area contributed by atoms with E-state index in [0.717, 1.165) is 0 Å². The fraction of sp³-hybridized carbons (Fsp3) is 0.467. The Morgan fingerprint density at radius 3 is 2.67 bits per heavy atom. The zero-order valence-electron chi connectivity index (χ0n) is 13.7. The standard InChI is InChI=1S/C15H19ClN2O5S/c1-10-9-18(7-6-13(10)19)15(20)11-4-5-12(16)14(8-11)24(21,22)17(2)23-3/h4-5,8,10H,6-7,9H2,1-3H3/t10-/m0/s1. The van der Waals surface area contributed by atoms with Crippen LogP contribution in [0, 0.1) is 5.92 Å². The van der Waals surface area contributed by atoms with E-state index in [-0.39, 0.29) is 33.1 Å². The van der Waals surface area contributed by atoms with Crippen molar-refractivity contribution in [2.75, 3.05) is 27.2 Å². The SMILES string of the molecule is CON(C)S(=O)(=O)c1cc(C(=O)N2CCC(=O)[C@@H](C)C2)ccc1Cl. The van der Waals surface area contributed by atoms with Crippen LogP contribution in [0.4, 0.5) is 0 Å². The van der Waals surface area contributed by atoms with E-state index in [4.69, 9.17) is 16.4 Å². The molecule has 1 aromatic rings. The van der Waals surface area contributed by atoms with E-state index in [2.05, 4.69) is 0 Å². The molecule has 0 radical (unpaired) electrons. The van der Waals surface area contributed by atoms with E-state index in [1.165, 1.54) is 32.4 Å². The monoisotopic (exact) mass is 374 g/mol. The van der Waals surface area contributed by atoms with Gasteiger partial charge in [-0.15, -0.1) is 0 Å². The molecular weight excluding hydrogens is 356 g/mol. The predicted octanol–water partition coefficient (Wildman–Crippen LogP) is 1.57. The molecule has 1 fully saturated rings. The minimum atomic E-state index is -3.97. The second kappa shape index (κ2) is 7.18. The number of rotatable bonds is 4. The molecule has 1 aliphatic heterocycles. The molecule has 1 atom stereocenters. The first-order chi connectivity index (χ1) is 11.2. The van der Waals surface area contributed by atoms with Gasteiger partial charge in [0.15, 0.2) is 0 Å². The van der Waals surface area contributed by atoms with Crippen molar-refractivity contribution >= 4 is 33.3 Å². The number of benzene rings is 1. The van der Waals surface area contributed by atoms with Crippen LogP contribution >= 0.6 is 11.6 Å². The number of piperidine rings is 1. The summed E-state index contributed by atoms with van der Waals surface area (Å²) in [6.07, 6.45) is 0.304. The molecule has 2 rings (SSSR count). The Labute approximate surface area is 146 Å². The van der Waals surface area contributed by atoms with Crippen LogP contribution in [-0.2, 0) is 19.7 Å². The molecule has 0 spiro atoms. The number of carbonyl (C=O) groups excluding carboxylic acids is 2. The number of carbonyl (C=O) groups is 2. The smallest absolute Gasteiger partial charge is 0.266 e. The van der Waals surface area contributed by atoms with E-state index in [9.17, 15) is 18.0 Å². The van der Waals surface area contributed by atoms with Crippen LogP contribution in [0.3, 0.4) is 0 Å². The third-order valence-corrected chi connectivity index (χ3v) is 6.17. The number of nitrogens with zero attached hydrogens (tertiary/aromatic N) is 2. The van der Waals surface area contributed by atoms with E-state index in [0.29, 0.717) is 24.0 Å². The maximum atomic E-state index is 12.6. The number of ketones is 1. The number of hydrogen-bond donors (Lipinski definition) is 0. The highest BCUT2D eigenvalue weighted by molar-refractivity contribution is 7.89. The van der Waals surface area contributed by atoms with Gasteiger partial charge in [0.05, 0.1) is 12.1 Å². The quantitative estimate of drug-likeness (QED) is 0.747. The molecule has 0 unspecified atom stereocenters. The second-order valence-electron chi connectivity index (χ2n) is 5.61. The van der Waals surface area contributed by atoms with Gasteiger partial charge in [0, 0.05) is 38.0 Å². The highest BCUT2D eigenvalue weighted by Gasteiger charge is 2.29. The maximum absolute atomic E-state index is 12.6. The normalized spacial score (nSPS) is 19.0. The molecule has 0 bridgehead atoms. The van der Waals surface area contributed by atoms with Crippen LogP contribution < -0.4 is 0 Å². The van der Waals surface area contributed by atoms with Gasteiger partial charge in [0.2, 0.25) is 0 Å². The van der Waals surface area contributed by atoms with Crippen molar-refractivity contribution in [3.8, 4) is 0 Å². The summed E-state index contributed by atoms with van der Waals surface area (Å²) < 4.78 is 25.4. The van der Waals surface area contributed by atoms with Crippen molar-refractivity contribution < 1.29 is 22.8 Å². The topological polar surface area (TPSA) is 84.0 Å². The number of halogens is 1. The Balaban J connectivity index is 2.34. The van der Waals surface area contributed by atoms with Gasteiger partial charge in [-0.05, 0) is 18.2 Å². The van der Waals surface area contributed by atoms with Crippen LogP contribution in [0.25, 0.3) is 0 Å². The van der Waals surface area contributed by atoms with Gasteiger partial charge in [-0.1, -0.05) is 23.0 Å². The molecule has 1 saturated heterocycles. The molecule has 0 aliphatic carbocycles. The minimum absolute atomic E-state index is 0.00219. The minimum Gasteiger partial charge on any atom is -0.337 e. The lowest BCUT2D eigenvalue weighted by Gasteiger charge is -2.30. The van der Waals surface area contributed by atoms with Gasteiger partial charge in [0.1, 0.15) is 10.7 Å². The van der Waals surface area contributed by atoms with Crippen molar-refractivity contribution in [2.24, 2.45) is 5.92 Å². The number of Topliss-reactive ketones (excluding diaryl/α,β-unsaturated/α-hetero) is 1. The van der Waals surface area contributed by atoms with E-state index in [1.807, 2.05) is 0 Å². The molecule has 9 heteroatoms. The van der Waals surface area contributed by atoms with Gasteiger partial charge in [-0.2, -0.15) is 0 Å². The molecule has 7 nitrogen and oxygen atoms in total. The van der Waals surface area contributed by atoms with Crippen LogP contribution in [0.5, 0.6) is 0 Å². The Bertz CT molecular complexity index is 765. The lowest BCUT2D eigenvalue weighted by Crippen LogP contribution is -2.43. The molecule has 1 amide bonds. The zero-order valence-corrected chi connectivity index (χ0v) is 15.2. The highest BCUT2D eigenvalue weighted by Crippen LogP contribution is 2.26. The van der Waals surface area contributed by atoms with E-state index in [1.54, 1.807) is 11.8 Å². The lowest BCUT2D eigenvalue weighted by atomic mass is 9.98. The van der Waals surface area contributed by atoms with Gasteiger partial charge < -0.3 is 4.90 Å². The first-order valence-corrected chi connectivity index (χ1v) is 9.15. The Morgan fingerprint density at radius 1 is 1.42 bits per heavy atom. The number of sulfonamides is 1.